The number of nitrogens with two attached hydrogens (primary N) is 1. The zero-order chi connectivity index (χ0) is 15.3. The minimum atomic E-state index is 0.00123. The molecule has 0 heterocycles. The van der Waals surface area contributed by atoms with Gasteiger partial charge < -0.3 is 20.5 Å². The Bertz CT molecular complexity index is 393. The largest absolute Gasteiger partial charge is 0.379 e. The lowest BCUT2D eigenvalue weighted by atomic mass is 10.2. The summed E-state index contributed by atoms with van der Waals surface area (Å²) in [6.07, 6.45) is 2.18. The summed E-state index contributed by atoms with van der Waals surface area (Å²) < 4.78 is 10.7. The topological polar surface area (TPSA) is 73.6 Å². The molecule has 0 spiro atoms. The predicted molar refractivity (Wildman–Crippen MR) is 84.1 cm³/mol. The normalized spacial score (nSPS) is 10.6. The summed E-state index contributed by atoms with van der Waals surface area (Å²) in [7, 11) is 0. The van der Waals surface area contributed by atoms with Crippen molar-refractivity contribution in [3.8, 4) is 0 Å². The Morgan fingerprint density at radius 3 is 2.38 bits per heavy atom. The molecule has 0 bridgehead atoms. The highest BCUT2D eigenvalue weighted by molar-refractivity contribution is 5.90. The zero-order valence-electron chi connectivity index (χ0n) is 12.8. The van der Waals surface area contributed by atoms with E-state index in [0.717, 1.165) is 24.3 Å². The average molecular weight is 294 g/mol. The van der Waals surface area contributed by atoms with E-state index in [1.54, 1.807) is 0 Å². The van der Waals surface area contributed by atoms with E-state index >= 15 is 0 Å². The molecule has 0 aromatic heterocycles. The fraction of sp³-hybridized carbons (Fsp3) is 0.562. The van der Waals surface area contributed by atoms with Crippen molar-refractivity contribution < 1.29 is 14.3 Å². The Morgan fingerprint density at radius 2 is 1.76 bits per heavy atom. The van der Waals surface area contributed by atoms with Crippen molar-refractivity contribution in [1.29, 1.82) is 0 Å². The maximum absolute atomic E-state index is 11.7. The van der Waals surface area contributed by atoms with Gasteiger partial charge in [-0.05, 0) is 30.5 Å². The van der Waals surface area contributed by atoms with E-state index in [4.69, 9.17) is 15.2 Å². The standard InChI is InChI=1S/C16H26N2O3/c1-2-9-20-11-12-21-10-3-4-16(19)18-15-7-5-14(13-17)6-8-15/h5-8H,2-4,9-13,17H2,1H3,(H,18,19). The summed E-state index contributed by atoms with van der Waals surface area (Å²) in [6, 6.07) is 7.55. The molecule has 1 aromatic rings. The van der Waals surface area contributed by atoms with Gasteiger partial charge >= 0.3 is 0 Å². The summed E-state index contributed by atoms with van der Waals surface area (Å²) in [5.41, 5.74) is 7.37. The van der Waals surface area contributed by atoms with Crippen LogP contribution in [0.25, 0.3) is 0 Å². The third kappa shape index (κ3) is 8.45. The number of ether oxygens (including phenoxy) is 2. The van der Waals surface area contributed by atoms with Crippen LogP contribution in [0.1, 0.15) is 31.7 Å². The third-order valence-corrected chi connectivity index (χ3v) is 2.89. The number of hydrogen-bond acceptors (Lipinski definition) is 4. The molecule has 0 unspecified atom stereocenters. The number of hydrogen-bond donors (Lipinski definition) is 2. The van der Waals surface area contributed by atoms with E-state index in [9.17, 15) is 4.79 Å². The maximum atomic E-state index is 11.7. The molecule has 0 saturated heterocycles. The molecule has 1 aromatic carbocycles. The quantitative estimate of drug-likeness (QED) is 0.614. The van der Waals surface area contributed by atoms with Crippen LogP contribution in [-0.4, -0.2) is 32.3 Å². The van der Waals surface area contributed by atoms with E-state index in [1.165, 1.54) is 0 Å². The molecular formula is C16H26N2O3. The highest BCUT2D eigenvalue weighted by Crippen LogP contribution is 2.09. The van der Waals surface area contributed by atoms with E-state index in [0.29, 0.717) is 39.2 Å². The van der Waals surface area contributed by atoms with Crippen LogP contribution in [0.5, 0.6) is 0 Å². The first kappa shape index (κ1) is 17.6. The smallest absolute Gasteiger partial charge is 0.224 e. The number of benzene rings is 1. The Morgan fingerprint density at radius 1 is 1.10 bits per heavy atom. The Hall–Kier alpha value is -1.43. The van der Waals surface area contributed by atoms with E-state index in [-0.39, 0.29) is 5.91 Å². The van der Waals surface area contributed by atoms with Gasteiger partial charge in [-0.1, -0.05) is 19.1 Å². The van der Waals surface area contributed by atoms with Gasteiger partial charge in [0.2, 0.25) is 5.91 Å². The van der Waals surface area contributed by atoms with Gasteiger partial charge in [-0.25, -0.2) is 0 Å². The second-order valence-corrected chi connectivity index (χ2v) is 4.78. The molecule has 0 fully saturated rings. The number of amides is 1. The summed E-state index contributed by atoms with van der Waals surface area (Å²) in [5.74, 6) is 0.00123. The number of nitrogens with one attached hydrogen (secondary N) is 1. The molecule has 21 heavy (non-hydrogen) atoms. The maximum Gasteiger partial charge on any atom is 0.224 e. The lowest BCUT2D eigenvalue weighted by molar-refractivity contribution is -0.116. The van der Waals surface area contributed by atoms with Crippen molar-refractivity contribution in [1.82, 2.24) is 0 Å². The highest BCUT2D eigenvalue weighted by atomic mass is 16.5. The van der Waals surface area contributed by atoms with Crippen LogP contribution >= 0.6 is 0 Å². The third-order valence-electron chi connectivity index (χ3n) is 2.89. The number of carbonyl (C=O) groups excluding carboxylic acids is 1. The van der Waals surface area contributed by atoms with Crippen molar-refractivity contribution in [3.63, 3.8) is 0 Å². The molecule has 0 radical (unpaired) electrons. The Kier molecular flexibility index (Phi) is 9.44. The summed E-state index contributed by atoms with van der Waals surface area (Å²) in [5, 5.41) is 2.85. The summed E-state index contributed by atoms with van der Waals surface area (Å²) >= 11 is 0. The van der Waals surface area contributed by atoms with Crippen molar-refractivity contribution in [2.45, 2.75) is 32.7 Å². The minimum absolute atomic E-state index is 0.00123. The predicted octanol–water partition coefficient (Wildman–Crippen LogP) is 2.31. The van der Waals surface area contributed by atoms with Crippen molar-refractivity contribution in [3.05, 3.63) is 29.8 Å². The SMILES string of the molecule is CCCOCCOCCCC(=O)Nc1ccc(CN)cc1. The van der Waals surface area contributed by atoms with Crippen molar-refractivity contribution in [2.24, 2.45) is 5.73 Å². The molecule has 0 atom stereocenters. The fourth-order valence-corrected chi connectivity index (χ4v) is 1.75. The summed E-state index contributed by atoms with van der Waals surface area (Å²) in [4.78, 5) is 11.7. The highest BCUT2D eigenvalue weighted by Gasteiger charge is 2.02. The van der Waals surface area contributed by atoms with Gasteiger partial charge in [0.1, 0.15) is 0 Å². The number of rotatable bonds is 11. The van der Waals surface area contributed by atoms with Gasteiger partial charge in [-0.3, -0.25) is 4.79 Å². The monoisotopic (exact) mass is 294 g/mol. The number of anilines is 1. The van der Waals surface area contributed by atoms with Gasteiger partial charge in [-0.15, -0.1) is 0 Å². The van der Waals surface area contributed by atoms with Gasteiger partial charge in [0, 0.05) is 31.9 Å². The lowest BCUT2D eigenvalue weighted by Gasteiger charge is -2.07. The molecular weight excluding hydrogens is 268 g/mol. The Labute approximate surface area is 126 Å². The average Bonchev–Trinajstić information content (AvgIpc) is 2.50. The minimum Gasteiger partial charge on any atom is -0.379 e. The van der Waals surface area contributed by atoms with Gasteiger partial charge in [-0.2, -0.15) is 0 Å². The van der Waals surface area contributed by atoms with Crippen LogP contribution < -0.4 is 11.1 Å². The first-order chi connectivity index (χ1) is 10.3. The first-order valence-electron chi connectivity index (χ1n) is 7.50. The van der Waals surface area contributed by atoms with Gasteiger partial charge in [0.15, 0.2) is 0 Å². The molecule has 5 nitrogen and oxygen atoms in total. The molecule has 0 saturated carbocycles. The van der Waals surface area contributed by atoms with Crippen molar-refractivity contribution >= 4 is 11.6 Å². The molecule has 0 aliphatic carbocycles. The van der Waals surface area contributed by atoms with E-state index in [1.807, 2.05) is 24.3 Å². The molecule has 3 N–H and O–H groups in total. The van der Waals surface area contributed by atoms with Crippen LogP contribution in [0.2, 0.25) is 0 Å². The molecule has 0 aliphatic rings. The van der Waals surface area contributed by atoms with Crippen LogP contribution in [0.4, 0.5) is 5.69 Å². The molecule has 118 valence electrons. The van der Waals surface area contributed by atoms with Crippen LogP contribution in [0, 0.1) is 0 Å². The van der Waals surface area contributed by atoms with Crippen LogP contribution in [-0.2, 0) is 20.8 Å². The molecule has 5 heteroatoms. The van der Waals surface area contributed by atoms with E-state index in [2.05, 4.69) is 12.2 Å². The fourth-order valence-electron chi connectivity index (χ4n) is 1.75. The first-order valence-corrected chi connectivity index (χ1v) is 7.50. The van der Waals surface area contributed by atoms with Gasteiger partial charge in [0.05, 0.1) is 13.2 Å². The van der Waals surface area contributed by atoms with Gasteiger partial charge in [0.25, 0.3) is 0 Å². The lowest BCUT2D eigenvalue weighted by Crippen LogP contribution is -2.13. The van der Waals surface area contributed by atoms with Crippen LogP contribution in [0.15, 0.2) is 24.3 Å². The Balaban J connectivity index is 2.05. The second-order valence-electron chi connectivity index (χ2n) is 4.78. The molecule has 0 aliphatic heterocycles. The molecule has 1 rings (SSSR count). The van der Waals surface area contributed by atoms with Crippen LogP contribution in [0.3, 0.4) is 0 Å². The van der Waals surface area contributed by atoms with Crippen molar-refractivity contribution in [2.75, 3.05) is 31.7 Å². The molecule has 1 amide bonds. The number of carbonyl (C=O) groups is 1. The zero-order valence-corrected chi connectivity index (χ0v) is 12.8. The van der Waals surface area contributed by atoms with E-state index < -0.39 is 0 Å². The summed E-state index contributed by atoms with van der Waals surface area (Å²) in [6.45, 7) is 5.13. The second kappa shape index (κ2) is 11.3.